The second kappa shape index (κ2) is 8.17. The third-order valence-electron chi connectivity index (χ3n) is 3.50. The minimum atomic E-state index is -1.06. The number of rotatable bonds is 7. The molecule has 0 fully saturated rings. The van der Waals surface area contributed by atoms with Gasteiger partial charge in [-0.3, -0.25) is 9.59 Å². The van der Waals surface area contributed by atoms with E-state index < -0.39 is 17.9 Å². The molecule has 2 amide bonds. The fourth-order valence-corrected chi connectivity index (χ4v) is 1.90. The number of hydrogen-bond acceptors (Lipinski definition) is 3. The summed E-state index contributed by atoms with van der Waals surface area (Å²) in [5, 5.41) is 14.4. The van der Waals surface area contributed by atoms with Crippen LogP contribution in [0.4, 0.5) is 5.69 Å². The number of amides is 2. The van der Waals surface area contributed by atoms with Crippen molar-refractivity contribution in [1.82, 2.24) is 5.32 Å². The lowest BCUT2D eigenvalue weighted by molar-refractivity contribution is -0.140. The zero-order valence-corrected chi connectivity index (χ0v) is 13.1. The van der Waals surface area contributed by atoms with Crippen LogP contribution in [0.5, 0.6) is 0 Å². The molecular formula is C16H22N2O4. The third-order valence-corrected chi connectivity index (χ3v) is 3.50. The number of nitrogens with one attached hydrogen (secondary N) is 2. The molecule has 0 aromatic heterocycles. The molecule has 0 saturated carbocycles. The monoisotopic (exact) mass is 306 g/mol. The van der Waals surface area contributed by atoms with Crippen molar-refractivity contribution in [2.75, 3.05) is 5.32 Å². The molecule has 1 rings (SSSR count). The summed E-state index contributed by atoms with van der Waals surface area (Å²) in [5.74, 6) is -1.86. The fraction of sp³-hybridized carbons (Fsp3) is 0.438. The quantitative estimate of drug-likeness (QED) is 0.720. The molecule has 0 heterocycles. The van der Waals surface area contributed by atoms with Crippen LogP contribution >= 0.6 is 0 Å². The Balaban J connectivity index is 2.86. The van der Waals surface area contributed by atoms with Crippen molar-refractivity contribution in [3.05, 3.63) is 29.8 Å². The summed E-state index contributed by atoms with van der Waals surface area (Å²) in [7, 11) is 0. The topological polar surface area (TPSA) is 95.5 Å². The second-order valence-electron chi connectivity index (χ2n) is 5.16. The minimum absolute atomic E-state index is 0.152. The second-order valence-corrected chi connectivity index (χ2v) is 5.16. The van der Waals surface area contributed by atoms with Crippen LogP contribution in [0.2, 0.25) is 0 Å². The molecule has 0 aliphatic rings. The standard InChI is InChI=1S/C16H22N2O4/c1-4-10(3)14(16(21)22)18-15(20)11-7-6-8-12(9-11)17-13(19)5-2/h6-10,14H,4-5H2,1-3H3,(H,17,19)(H,18,20)(H,21,22). The van der Waals surface area contributed by atoms with Crippen LogP contribution in [0, 0.1) is 5.92 Å². The molecule has 0 radical (unpaired) electrons. The van der Waals surface area contributed by atoms with Gasteiger partial charge in [-0.2, -0.15) is 0 Å². The van der Waals surface area contributed by atoms with Gasteiger partial charge in [-0.25, -0.2) is 4.79 Å². The molecule has 3 N–H and O–H groups in total. The van der Waals surface area contributed by atoms with E-state index in [-0.39, 0.29) is 11.8 Å². The summed E-state index contributed by atoms with van der Waals surface area (Å²) < 4.78 is 0. The Labute approximate surface area is 129 Å². The zero-order valence-electron chi connectivity index (χ0n) is 13.1. The molecule has 0 saturated heterocycles. The molecule has 22 heavy (non-hydrogen) atoms. The van der Waals surface area contributed by atoms with E-state index >= 15 is 0 Å². The van der Waals surface area contributed by atoms with Gasteiger partial charge in [0.2, 0.25) is 5.91 Å². The Hall–Kier alpha value is -2.37. The predicted molar refractivity (Wildman–Crippen MR) is 83.7 cm³/mol. The van der Waals surface area contributed by atoms with Crippen LogP contribution < -0.4 is 10.6 Å². The Morgan fingerprint density at radius 1 is 1.23 bits per heavy atom. The van der Waals surface area contributed by atoms with E-state index in [1.165, 1.54) is 6.07 Å². The summed E-state index contributed by atoms with van der Waals surface area (Å²) >= 11 is 0. The van der Waals surface area contributed by atoms with Crippen LogP contribution in [0.1, 0.15) is 44.0 Å². The van der Waals surface area contributed by atoms with Crippen LogP contribution in [0.3, 0.4) is 0 Å². The maximum absolute atomic E-state index is 12.2. The first-order valence-electron chi connectivity index (χ1n) is 7.32. The minimum Gasteiger partial charge on any atom is -0.480 e. The normalized spacial score (nSPS) is 13.0. The average molecular weight is 306 g/mol. The van der Waals surface area contributed by atoms with E-state index in [2.05, 4.69) is 10.6 Å². The first kappa shape index (κ1) is 17.7. The number of carboxylic acids is 1. The van der Waals surface area contributed by atoms with Crippen molar-refractivity contribution in [2.24, 2.45) is 5.92 Å². The molecule has 120 valence electrons. The molecule has 6 heteroatoms. The van der Waals surface area contributed by atoms with Gasteiger partial charge < -0.3 is 15.7 Å². The van der Waals surface area contributed by atoms with Crippen molar-refractivity contribution in [3.8, 4) is 0 Å². The molecule has 1 aromatic rings. The summed E-state index contributed by atoms with van der Waals surface area (Å²) in [6.45, 7) is 5.38. The number of carbonyl (C=O) groups excluding carboxylic acids is 2. The van der Waals surface area contributed by atoms with Gasteiger partial charge in [0.25, 0.3) is 5.91 Å². The van der Waals surface area contributed by atoms with E-state index in [1.54, 1.807) is 32.0 Å². The highest BCUT2D eigenvalue weighted by atomic mass is 16.4. The molecule has 0 bridgehead atoms. The number of carboxylic acid groups (broad SMARTS) is 1. The predicted octanol–water partition coefficient (Wildman–Crippen LogP) is 2.26. The lowest BCUT2D eigenvalue weighted by atomic mass is 9.99. The van der Waals surface area contributed by atoms with Gasteiger partial charge in [0, 0.05) is 17.7 Å². The van der Waals surface area contributed by atoms with Gasteiger partial charge in [-0.1, -0.05) is 33.3 Å². The number of benzene rings is 1. The van der Waals surface area contributed by atoms with Gasteiger partial charge in [-0.15, -0.1) is 0 Å². The van der Waals surface area contributed by atoms with Crippen LogP contribution in [0.15, 0.2) is 24.3 Å². The third kappa shape index (κ3) is 4.87. The Bertz CT molecular complexity index is 557. The van der Waals surface area contributed by atoms with E-state index in [0.717, 1.165) is 0 Å². The summed E-state index contributed by atoms with van der Waals surface area (Å²) in [6.07, 6.45) is 0.982. The van der Waals surface area contributed by atoms with Crippen molar-refractivity contribution in [2.45, 2.75) is 39.7 Å². The smallest absolute Gasteiger partial charge is 0.326 e. The van der Waals surface area contributed by atoms with E-state index in [4.69, 9.17) is 0 Å². The van der Waals surface area contributed by atoms with Gasteiger partial charge in [-0.05, 0) is 24.1 Å². The average Bonchev–Trinajstić information content (AvgIpc) is 2.51. The zero-order chi connectivity index (χ0) is 16.7. The molecule has 6 nitrogen and oxygen atoms in total. The van der Waals surface area contributed by atoms with Crippen molar-refractivity contribution < 1.29 is 19.5 Å². The summed E-state index contributed by atoms with van der Waals surface area (Å²) in [6, 6.07) is 5.48. The molecule has 2 atom stereocenters. The van der Waals surface area contributed by atoms with Crippen molar-refractivity contribution in [3.63, 3.8) is 0 Å². The van der Waals surface area contributed by atoms with Crippen LogP contribution in [-0.2, 0) is 9.59 Å². The Morgan fingerprint density at radius 3 is 2.45 bits per heavy atom. The van der Waals surface area contributed by atoms with Crippen molar-refractivity contribution >= 4 is 23.5 Å². The largest absolute Gasteiger partial charge is 0.480 e. The highest BCUT2D eigenvalue weighted by Crippen LogP contribution is 2.13. The maximum Gasteiger partial charge on any atom is 0.326 e. The molecule has 0 aliphatic carbocycles. The van der Waals surface area contributed by atoms with Crippen molar-refractivity contribution in [1.29, 1.82) is 0 Å². The molecule has 0 aliphatic heterocycles. The number of carbonyl (C=O) groups is 3. The van der Waals surface area contributed by atoms with Gasteiger partial charge in [0.05, 0.1) is 0 Å². The molecule has 0 spiro atoms. The first-order valence-corrected chi connectivity index (χ1v) is 7.32. The van der Waals surface area contributed by atoms with Crippen LogP contribution in [-0.4, -0.2) is 28.9 Å². The number of anilines is 1. The lowest BCUT2D eigenvalue weighted by Crippen LogP contribution is -2.45. The van der Waals surface area contributed by atoms with E-state index in [1.807, 2.05) is 6.92 Å². The Morgan fingerprint density at radius 2 is 1.91 bits per heavy atom. The van der Waals surface area contributed by atoms with Gasteiger partial charge >= 0.3 is 5.97 Å². The summed E-state index contributed by atoms with van der Waals surface area (Å²) in [5.41, 5.74) is 0.818. The van der Waals surface area contributed by atoms with Gasteiger partial charge in [0.1, 0.15) is 6.04 Å². The maximum atomic E-state index is 12.2. The molecule has 2 unspecified atom stereocenters. The molecule has 1 aromatic carbocycles. The highest BCUT2D eigenvalue weighted by Gasteiger charge is 2.25. The first-order chi connectivity index (χ1) is 10.4. The highest BCUT2D eigenvalue weighted by molar-refractivity contribution is 5.98. The van der Waals surface area contributed by atoms with Gasteiger partial charge in [0.15, 0.2) is 0 Å². The fourth-order valence-electron chi connectivity index (χ4n) is 1.90. The van der Waals surface area contributed by atoms with E-state index in [9.17, 15) is 19.5 Å². The lowest BCUT2D eigenvalue weighted by Gasteiger charge is -2.20. The van der Waals surface area contributed by atoms with Crippen LogP contribution in [0.25, 0.3) is 0 Å². The SMILES string of the molecule is CCC(=O)Nc1cccc(C(=O)NC(C(=O)O)C(C)CC)c1. The summed E-state index contributed by atoms with van der Waals surface area (Å²) in [4.78, 5) is 34.8. The number of hydrogen-bond donors (Lipinski definition) is 3. The molecular weight excluding hydrogens is 284 g/mol. The van der Waals surface area contributed by atoms with E-state index in [0.29, 0.717) is 24.1 Å². The Kier molecular flexibility index (Phi) is 6.56. The number of aliphatic carboxylic acids is 1.